The third-order valence-electron chi connectivity index (χ3n) is 4.24. The Morgan fingerprint density at radius 3 is 1.78 bits per heavy atom. The molecule has 0 aromatic heterocycles. The van der Waals surface area contributed by atoms with Crippen LogP contribution in [0.2, 0.25) is 0 Å². The van der Waals surface area contributed by atoms with Crippen molar-refractivity contribution < 1.29 is 14.0 Å². The van der Waals surface area contributed by atoms with E-state index in [0.29, 0.717) is 0 Å². The van der Waals surface area contributed by atoms with Crippen molar-refractivity contribution in [1.29, 1.82) is 0 Å². The number of ether oxygens (including phenoxy) is 2. The summed E-state index contributed by atoms with van der Waals surface area (Å²) in [6.45, 7) is 0.158. The zero-order chi connectivity index (χ0) is 19.0. The van der Waals surface area contributed by atoms with Crippen molar-refractivity contribution in [1.82, 2.24) is 0 Å². The Bertz CT molecular complexity index is 849. The summed E-state index contributed by atoms with van der Waals surface area (Å²) in [4.78, 5) is 0. The predicted molar refractivity (Wildman–Crippen MR) is 111 cm³/mol. The molecule has 0 spiro atoms. The van der Waals surface area contributed by atoms with Gasteiger partial charge in [-0.1, -0.05) is 91.0 Å². The maximum atomic E-state index is 14.1. The first-order valence-corrected chi connectivity index (χ1v) is 10.6. The fraction of sp³-hybridized carbons (Fsp3) is 0.130. The highest BCUT2D eigenvalue weighted by atomic mass is 31.2. The highest BCUT2D eigenvalue weighted by molar-refractivity contribution is 7.81. The first-order valence-electron chi connectivity index (χ1n) is 8.80. The van der Waals surface area contributed by atoms with E-state index in [-0.39, 0.29) is 12.9 Å². The second-order valence-electron chi connectivity index (χ2n) is 6.08. The lowest BCUT2D eigenvalue weighted by molar-refractivity contribution is -0.0566. The van der Waals surface area contributed by atoms with Crippen molar-refractivity contribution in [3.63, 3.8) is 0 Å². The minimum absolute atomic E-state index is 0.158. The standard InChI is InChI=1S/C23H23O3P/c1-25-19-26-23(20-11-5-2-6-12-20)17-18-27(24,21-13-7-3-8-14-21)22-15-9-4-10-16-22/h2-18,23H,19H2,1H3/b18-17+/t23-/m0/s1. The zero-order valence-electron chi connectivity index (χ0n) is 15.3. The van der Waals surface area contributed by atoms with Crippen LogP contribution in [0.5, 0.6) is 0 Å². The summed E-state index contributed by atoms with van der Waals surface area (Å²) in [5.41, 5.74) is 0.985. The molecular formula is C23H23O3P. The summed E-state index contributed by atoms with van der Waals surface area (Å²) < 4.78 is 24.9. The molecule has 138 valence electrons. The van der Waals surface area contributed by atoms with Crippen LogP contribution in [0.15, 0.2) is 103 Å². The summed E-state index contributed by atoms with van der Waals surface area (Å²) in [6, 6.07) is 29.0. The normalized spacial score (nSPS) is 12.9. The van der Waals surface area contributed by atoms with E-state index in [1.807, 2.05) is 97.1 Å². The molecule has 27 heavy (non-hydrogen) atoms. The van der Waals surface area contributed by atoms with E-state index >= 15 is 0 Å². The number of methoxy groups -OCH3 is 1. The minimum atomic E-state index is -2.93. The van der Waals surface area contributed by atoms with E-state index in [4.69, 9.17) is 9.47 Å². The van der Waals surface area contributed by atoms with Crippen molar-refractivity contribution in [3.8, 4) is 0 Å². The molecule has 3 nitrogen and oxygen atoms in total. The van der Waals surface area contributed by atoms with Crippen LogP contribution in [0, 0.1) is 0 Å². The van der Waals surface area contributed by atoms with E-state index in [1.54, 1.807) is 12.9 Å². The van der Waals surface area contributed by atoms with Crippen molar-refractivity contribution in [2.45, 2.75) is 6.10 Å². The van der Waals surface area contributed by atoms with E-state index in [2.05, 4.69) is 0 Å². The summed E-state index contributed by atoms with van der Waals surface area (Å²) in [7, 11) is -1.34. The van der Waals surface area contributed by atoms with Gasteiger partial charge in [-0.25, -0.2) is 0 Å². The Morgan fingerprint density at radius 1 is 0.815 bits per heavy atom. The molecule has 3 rings (SSSR count). The van der Waals surface area contributed by atoms with E-state index < -0.39 is 7.14 Å². The first-order chi connectivity index (χ1) is 13.2. The van der Waals surface area contributed by atoms with Gasteiger partial charge in [0.1, 0.15) is 12.9 Å². The molecule has 3 aromatic rings. The minimum Gasteiger partial charge on any atom is -0.359 e. The largest absolute Gasteiger partial charge is 0.359 e. The summed E-state index contributed by atoms with van der Waals surface area (Å²) >= 11 is 0. The lowest BCUT2D eigenvalue weighted by Crippen LogP contribution is -2.14. The second-order valence-corrected chi connectivity index (χ2v) is 8.72. The van der Waals surface area contributed by atoms with Crippen molar-refractivity contribution >= 4 is 17.8 Å². The van der Waals surface area contributed by atoms with Gasteiger partial charge in [0.05, 0.1) is 0 Å². The highest BCUT2D eigenvalue weighted by Crippen LogP contribution is 2.45. The van der Waals surface area contributed by atoms with Gasteiger partial charge in [0.25, 0.3) is 0 Å². The number of rotatable bonds is 8. The number of benzene rings is 3. The van der Waals surface area contributed by atoms with E-state index in [0.717, 1.165) is 16.2 Å². The van der Waals surface area contributed by atoms with Gasteiger partial charge in [-0.05, 0) is 17.5 Å². The Balaban J connectivity index is 2.01. The van der Waals surface area contributed by atoms with Gasteiger partial charge in [0.15, 0.2) is 7.14 Å². The molecule has 0 saturated heterocycles. The zero-order valence-corrected chi connectivity index (χ0v) is 16.2. The van der Waals surface area contributed by atoms with Crippen LogP contribution in [-0.2, 0) is 14.0 Å². The third-order valence-corrected chi connectivity index (χ3v) is 6.97. The molecule has 0 aliphatic carbocycles. The summed E-state index contributed by atoms with van der Waals surface area (Å²) in [5.74, 6) is 1.80. The average Bonchev–Trinajstić information content (AvgIpc) is 2.75. The topological polar surface area (TPSA) is 35.5 Å². The van der Waals surface area contributed by atoms with Gasteiger partial charge in [0.2, 0.25) is 0 Å². The lowest BCUT2D eigenvalue weighted by atomic mass is 10.1. The maximum Gasteiger partial charge on any atom is 0.163 e. The SMILES string of the molecule is COCO[C@@H](/C=C/P(=O)(c1ccccc1)c1ccccc1)c1ccccc1. The average molecular weight is 378 g/mol. The van der Waals surface area contributed by atoms with Gasteiger partial charge in [-0.2, -0.15) is 0 Å². The molecule has 0 aliphatic heterocycles. The molecule has 0 aliphatic rings. The van der Waals surface area contributed by atoms with Gasteiger partial charge < -0.3 is 14.0 Å². The monoisotopic (exact) mass is 378 g/mol. The summed E-state index contributed by atoms with van der Waals surface area (Å²) in [5, 5.41) is 1.59. The van der Waals surface area contributed by atoms with Gasteiger partial charge in [-0.3, -0.25) is 0 Å². The number of hydrogen-bond acceptors (Lipinski definition) is 3. The van der Waals surface area contributed by atoms with Gasteiger partial charge in [-0.15, -0.1) is 0 Å². The van der Waals surface area contributed by atoms with Crippen LogP contribution in [0.1, 0.15) is 11.7 Å². The molecule has 0 saturated carbocycles. The Hall–Kier alpha value is -2.45. The molecule has 0 bridgehead atoms. The molecule has 1 atom stereocenters. The fourth-order valence-electron chi connectivity index (χ4n) is 2.87. The van der Waals surface area contributed by atoms with Crippen LogP contribution in [0.25, 0.3) is 0 Å². The fourth-order valence-corrected chi connectivity index (χ4v) is 5.14. The van der Waals surface area contributed by atoms with Crippen LogP contribution in [-0.4, -0.2) is 13.9 Å². The Labute approximate surface area is 160 Å². The molecule has 4 heteroatoms. The van der Waals surface area contributed by atoms with Crippen LogP contribution < -0.4 is 10.6 Å². The highest BCUT2D eigenvalue weighted by Gasteiger charge is 2.24. The van der Waals surface area contributed by atoms with Crippen molar-refractivity contribution in [2.24, 2.45) is 0 Å². The molecule has 3 aromatic carbocycles. The van der Waals surface area contributed by atoms with Crippen LogP contribution in [0.3, 0.4) is 0 Å². The molecule has 0 fully saturated rings. The number of hydrogen-bond donors (Lipinski definition) is 0. The van der Waals surface area contributed by atoms with E-state index in [9.17, 15) is 4.57 Å². The molecule has 0 radical (unpaired) electrons. The third kappa shape index (κ3) is 4.84. The molecule has 0 heterocycles. The molecular weight excluding hydrogens is 355 g/mol. The second kappa shape index (κ2) is 9.48. The van der Waals surface area contributed by atoms with Gasteiger partial charge >= 0.3 is 0 Å². The van der Waals surface area contributed by atoms with Crippen LogP contribution in [0.4, 0.5) is 0 Å². The summed E-state index contributed by atoms with van der Waals surface area (Å²) in [6.07, 6.45) is 1.53. The predicted octanol–water partition coefficient (Wildman–Crippen LogP) is 4.88. The molecule has 0 amide bonds. The Morgan fingerprint density at radius 2 is 1.30 bits per heavy atom. The quantitative estimate of drug-likeness (QED) is 0.414. The Kier molecular flexibility index (Phi) is 6.78. The van der Waals surface area contributed by atoms with Crippen molar-refractivity contribution in [3.05, 3.63) is 108 Å². The van der Waals surface area contributed by atoms with Crippen molar-refractivity contribution in [2.75, 3.05) is 13.9 Å². The molecule has 0 N–H and O–H groups in total. The van der Waals surface area contributed by atoms with E-state index in [1.165, 1.54) is 0 Å². The smallest absolute Gasteiger partial charge is 0.163 e. The first kappa shape index (κ1) is 19.3. The lowest BCUT2D eigenvalue weighted by Gasteiger charge is -2.18. The van der Waals surface area contributed by atoms with Crippen LogP contribution >= 0.6 is 7.14 Å². The maximum absolute atomic E-state index is 14.1. The van der Waals surface area contributed by atoms with Gasteiger partial charge in [0, 0.05) is 17.7 Å². The molecule has 0 unspecified atom stereocenters.